The Balaban J connectivity index is 2.13. The van der Waals surface area contributed by atoms with Gasteiger partial charge in [-0.3, -0.25) is 0 Å². The minimum Gasteiger partial charge on any atom is -0.310 e. The highest BCUT2D eigenvalue weighted by Crippen LogP contribution is 2.31. The van der Waals surface area contributed by atoms with Crippen LogP contribution in [0.5, 0.6) is 0 Å². The highest BCUT2D eigenvalue weighted by molar-refractivity contribution is 9.10. The van der Waals surface area contributed by atoms with Crippen LogP contribution in [0.2, 0.25) is 0 Å². The van der Waals surface area contributed by atoms with E-state index in [0.717, 1.165) is 11.0 Å². The van der Waals surface area contributed by atoms with Crippen LogP contribution in [0.4, 0.5) is 0 Å². The molecule has 1 N–H and O–H groups in total. The van der Waals surface area contributed by atoms with Crippen molar-refractivity contribution in [2.24, 2.45) is 0 Å². The number of benzene rings is 2. The fourth-order valence-corrected chi connectivity index (χ4v) is 2.90. The second-order valence-corrected chi connectivity index (χ2v) is 6.73. The van der Waals surface area contributed by atoms with Crippen molar-refractivity contribution < 1.29 is 0 Å². The summed E-state index contributed by atoms with van der Waals surface area (Å²) in [5, 5.41) is 3.48. The molecule has 0 aliphatic rings. The molecule has 0 atom stereocenters. The highest BCUT2D eigenvalue weighted by atomic mass is 79.9. The molecule has 100 valence electrons. The second-order valence-electron chi connectivity index (χ2n) is 4.70. The maximum absolute atomic E-state index is 3.48. The molecule has 0 radical (unpaired) electrons. The van der Waals surface area contributed by atoms with E-state index in [2.05, 4.69) is 83.6 Å². The third-order valence-corrected chi connectivity index (χ3v) is 4.37. The molecule has 0 saturated carbocycles. The van der Waals surface area contributed by atoms with E-state index in [1.807, 2.05) is 11.8 Å². The molecule has 0 heterocycles. The summed E-state index contributed by atoms with van der Waals surface area (Å²) >= 11 is 5.28. The van der Waals surface area contributed by atoms with Gasteiger partial charge in [-0.2, -0.15) is 0 Å². The van der Waals surface area contributed by atoms with Crippen LogP contribution >= 0.6 is 27.7 Å². The smallest absolute Gasteiger partial charge is 0.0219 e. The van der Waals surface area contributed by atoms with Gasteiger partial charge in [-0.25, -0.2) is 0 Å². The number of hydrogen-bond acceptors (Lipinski definition) is 2. The maximum Gasteiger partial charge on any atom is 0.0219 e. The molecule has 0 spiro atoms. The van der Waals surface area contributed by atoms with E-state index < -0.39 is 0 Å². The topological polar surface area (TPSA) is 12.0 Å². The summed E-state index contributed by atoms with van der Waals surface area (Å²) in [6.07, 6.45) is 0. The minimum atomic E-state index is 0.505. The molecule has 0 unspecified atom stereocenters. The van der Waals surface area contributed by atoms with Crippen molar-refractivity contribution in [2.45, 2.75) is 36.2 Å². The monoisotopic (exact) mass is 335 g/mol. The quantitative estimate of drug-likeness (QED) is 0.815. The average molecular weight is 336 g/mol. The summed E-state index contributed by atoms with van der Waals surface area (Å²) < 4.78 is 1.12. The lowest BCUT2D eigenvalue weighted by Crippen LogP contribution is -2.22. The number of rotatable bonds is 5. The van der Waals surface area contributed by atoms with E-state index in [-0.39, 0.29) is 0 Å². The average Bonchev–Trinajstić information content (AvgIpc) is 2.40. The number of hydrogen-bond donors (Lipinski definition) is 1. The lowest BCUT2D eigenvalue weighted by molar-refractivity contribution is 0.585. The Labute approximate surface area is 127 Å². The zero-order valence-corrected chi connectivity index (χ0v) is 13.6. The zero-order chi connectivity index (χ0) is 13.7. The van der Waals surface area contributed by atoms with E-state index in [4.69, 9.17) is 0 Å². The fraction of sp³-hybridized carbons (Fsp3) is 0.250. The lowest BCUT2D eigenvalue weighted by atomic mass is 10.2. The first-order chi connectivity index (χ1) is 9.15. The molecule has 0 bridgehead atoms. The molecule has 2 aromatic rings. The Kier molecular flexibility index (Phi) is 5.49. The fourth-order valence-electron chi connectivity index (χ4n) is 1.69. The maximum atomic E-state index is 3.48. The summed E-state index contributed by atoms with van der Waals surface area (Å²) in [5.41, 5.74) is 1.35. The SMILES string of the molecule is CC(C)NCc1ccccc1Sc1ccc(Br)cc1. The van der Waals surface area contributed by atoms with E-state index >= 15 is 0 Å². The Morgan fingerprint density at radius 2 is 1.74 bits per heavy atom. The molecule has 0 saturated heterocycles. The molecule has 2 aromatic carbocycles. The molecule has 19 heavy (non-hydrogen) atoms. The molecular weight excluding hydrogens is 318 g/mol. The van der Waals surface area contributed by atoms with Crippen LogP contribution in [-0.4, -0.2) is 6.04 Å². The summed E-state index contributed by atoms with van der Waals surface area (Å²) in [5.74, 6) is 0. The Morgan fingerprint density at radius 1 is 1.05 bits per heavy atom. The first kappa shape index (κ1) is 14.6. The number of halogens is 1. The van der Waals surface area contributed by atoms with Crippen LogP contribution in [0.25, 0.3) is 0 Å². The summed E-state index contributed by atoms with van der Waals surface area (Å²) in [4.78, 5) is 2.58. The molecule has 0 fully saturated rings. The molecule has 0 aliphatic heterocycles. The Bertz CT molecular complexity index is 523. The van der Waals surface area contributed by atoms with Crippen LogP contribution in [0.3, 0.4) is 0 Å². The van der Waals surface area contributed by atoms with E-state index in [1.54, 1.807) is 0 Å². The first-order valence-electron chi connectivity index (χ1n) is 6.40. The van der Waals surface area contributed by atoms with Gasteiger partial charge in [0.05, 0.1) is 0 Å². The molecule has 0 aromatic heterocycles. The van der Waals surface area contributed by atoms with Crippen molar-refractivity contribution in [1.82, 2.24) is 5.32 Å². The van der Waals surface area contributed by atoms with Crippen molar-refractivity contribution in [3.63, 3.8) is 0 Å². The lowest BCUT2D eigenvalue weighted by Gasteiger charge is -2.12. The second kappa shape index (κ2) is 7.13. The van der Waals surface area contributed by atoms with Crippen LogP contribution in [0.15, 0.2) is 62.8 Å². The first-order valence-corrected chi connectivity index (χ1v) is 8.01. The van der Waals surface area contributed by atoms with Crippen molar-refractivity contribution in [3.8, 4) is 0 Å². The highest BCUT2D eigenvalue weighted by Gasteiger charge is 2.04. The van der Waals surface area contributed by atoms with E-state index in [1.165, 1.54) is 15.4 Å². The third-order valence-electron chi connectivity index (χ3n) is 2.71. The van der Waals surface area contributed by atoms with Crippen molar-refractivity contribution in [2.75, 3.05) is 0 Å². The third kappa shape index (κ3) is 4.68. The molecule has 1 nitrogen and oxygen atoms in total. The molecular formula is C16H18BrNS. The van der Waals surface area contributed by atoms with Gasteiger partial charge in [0.1, 0.15) is 0 Å². The summed E-state index contributed by atoms with van der Waals surface area (Å²) in [6.45, 7) is 5.26. The molecule has 0 amide bonds. The van der Waals surface area contributed by atoms with E-state index in [9.17, 15) is 0 Å². The van der Waals surface area contributed by atoms with Crippen LogP contribution < -0.4 is 5.32 Å². The molecule has 2 rings (SSSR count). The van der Waals surface area contributed by atoms with Gasteiger partial charge in [-0.05, 0) is 35.9 Å². The van der Waals surface area contributed by atoms with Gasteiger partial charge in [-0.15, -0.1) is 0 Å². The number of nitrogens with one attached hydrogen (secondary N) is 1. The van der Waals surface area contributed by atoms with Crippen LogP contribution in [0, 0.1) is 0 Å². The Morgan fingerprint density at radius 3 is 2.42 bits per heavy atom. The van der Waals surface area contributed by atoms with Crippen molar-refractivity contribution in [3.05, 3.63) is 58.6 Å². The molecule has 3 heteroatoms. The summed E-state index contributed by atoms with van der Waals surface area (Å²) in [6, 6.07) is 17.5. The van der Waals surface area contributed by atoms with Gasteiger partial charge < -0.3 is 5.32 Å². The van der Waals surface area contributed by atoms with Gasteiger partial charge in [0.25, 0.3) is 0 Å². The van der Waals surface area contributed by atoms with E-state index in [0.29, 0.717) is 6.04 Å². The standard InChI is InChI=1S/C16H18BrNS/c1-12(2)18-11-13-5-3-4-6-16(13)19-15-9-7-14(17)8-10-15/h3-10,12,18H,11H2,1-2H3. The van der Waals surface area contributed by atoms with Gasteiger partial charge in [0.15, 0.2) is 0 Å². The minimum absolute atomic E-state index is 0.505. The van der Waals surface area contributed by atoms with Crippen LogP contribution in [-0.2, 0) is 6.54 Å². The van der Waals surface area contributed by atoms with Crippen molar-refractivity contribution >= 4 is 27.7 Å². The summed E-state index contributed by atoms with van der Waals surface area (Å²) in [7, 11) is 0. The molecule has 0 aliphatic carbocycles. The normalized spacial score (nSPS) is 10.9. The predicted octanol–water partition coefficient (Wildman–Crippen LogP) is 5.10. The van der Waals surface area contributed by atoms with Gasteiger partial charge >= 0.3 is 0 Å². The Hall–Kier alpha value is -0.770. The van der Waals surface area contributed by atoms with Gasteiger partial charge in [0, 0.05) is 26.9 Å². The zero-order valence-electron chi connectivity index (χ0n) is 11.2. The van der Waals surface area contributed by atoms with Gasteiger partial charge in [0.2, 0.25) is 0 Å². The van der Waals surface area contributed by atoms with Crippen molar-refractivity contribution in [1.29, 1.82) is 0 Å². The predicted molar refractivity (Wildman–Crippen MR) is 86.7 cm³/mol. The van der Waals surface area contributed by atoms with Crippen LogP contribution in [0.1, 0.15) is 19.4 Å². The largest absolute Gasteiger partial charge is 0.310 e. The van der Waals surface area contributed by atoms with Gasteiger partial charge in [-0.1, -0.05) is 59.7 Å².